The number of rotatable bonds is 23. The number of hydrogen-bond donors (Lipinski definition) is 1. The predicted octanol–water partition coefficient (Wildman–Crippen LogP) is 9.72. The molecule has 0 aromatic carbocycles. The Balaban J connectivity index is 3.61. The second-order valence-electron chi connectivity index (χ2n) is 9.45. The summed E-state index contributed by atoms with van der Waals surface area (Å²) in [5, 5.41) is 3.20. The van der Waals surface area contributed by atoms with Gasteiger partial charge in [0.05, 0.1) is 0 Å². The van der Waals surface area contributed by atoms with Crippen LogP contribution < -0.4 is 5.32 Å². The van der Waals surface area contributed by atoms with Gasteiger partial charge in [0.15, 0.2) is 0 Å². The molecule has 0 radical (unpaired) electrons. The van der Waals surface area contributed by atoms with Gasteiger partial charge in [-0.25, -0.2) is 0 Å². The summed E-state index contributed by atoms with van der Waals surface area (Å²) in [4.78, 5) is 0. The standard InChI is InChI=1S/C30H55N/c1-6-8-9-10-14-17-21-28(3)22-18-15-12-11-13-16-19-24-30(7-2)26-25-29(4)23-20-27-31-5/h7,14,17,24,28,31H,2,4,6,8-13,15-16,18-23,25-27H2,1,3,5H3/b17-14-,30-24+. The van der Waals surface area contributed by atoms with Gasteiger partial charge in [-0.1, -0.05) is 114 Å². The van der Waals surface area contributed by atoms with E-state index in [1.165, 1.54) is 101 Å². The maximum atomic E-state index is 4.22. The van der Waals surface area contributed by atoms with E-state index in [1.807, 2.05) is 13.1 Å². The van der Waals surface area contributed by atoms with E-state index in [4.69, 9.17) is 0 Å². The van der Waals surface area contributed by atoms with Gasteiger partial charge >= 0.3 is 0 Å². The summed E-state index contributed by atoms with van der Waals surface area (Å²) in [6.45, 7) is 14.0. The molecule has 0 aromatic heterocycles. The molecule has 0 aromatic rings. The van der Waals surface area contributed by atoms with Crippen LogP contribution in [-0.2, 0) is 0 Å². The summed E-state index contributed by atoms with van der Waals surface area (Å²) in [6, 6.07) is 0. The average Bonchev–Trinajstić information content (AvgIpc) is 2.77. The Morgan fingerprint density at radius 2 is 1.55 bits per heavy atom. The van der Waals surface area contributed by atoms with Gasteiger partial charge in [0, 0.05) is 0 Å². The molecular weight excluding hydrogens is 374 g/mol. The van der Waals surface area contributed by atoms with Crippen molar-refractivity contribution in [2.24, 2.45) is 5.92 Å². The highest BCUT2D eigenvalue weighted by Gasteiger charge is 2.00. The van der Waals surface area contributed by atoms with E-state index >= 15 is 0 Å². The van der Waals surface area contributed by atoms with Crippen LogP contribution in [-0.4, -0.2) is 13.6 Å². The molecule has 1 nitrogen and oxygen atoms in total. The number of unbranched alkanes of at least 4 members (excludes halogenated alkanes) is 9. The average molecular weight is 430 g/mol. The van der Waals surface area contributed by atoms with E-state index in [1.54, 1.807) is 0 Å². The fourth-order valence-corrected chi connectivity index (χ4v) is 3.96. The zero-order valence-corrected chi connectivity index (χ0v) is 21.5. The zero-order chi connectivity index (χ0) is 23.0. The van der Waals surface area contributed by atoms with Gasteiger partial charge in [-0.2, -0.15) is 0 Å². The van der Waals surface area contributed by atoms with Crippen molar-refractivity contribution in [2.75, 3.05) is 13.6 Å². The van der Waals surface area contributed by atoms with Gasteiger partial charge in [-0.3, -0.25) is 0 Å². The topological polar surface area (TPSA) is 12.0 Å². The summed E-state index contributed by atoms with van der Waals surface area (Å²) in [5.41, 5.74) is 2.78. The summed E-state index contributed by atoms with van der Waals surface area (Å²) in [6.07, 6.45) is 31.3. The predicted molar refractivity (Wildman–Crippen MR) is 144 cm³/mol. The van der Waals surface area contributed by atoms with Gasteiger partial charge < -0.3 is 5.32 Å². The van der Waals surface area contributed by atoms with Gasteiger partial charge in [0.2, 0.25) is 0 Å². The first-order chi connectivity index (χ1) is 15.1. The minimum Gasteiger partial charge on any atom is -0.320 e. The Bertz CT molecular complexity index is 471. The van der Waals surface area contributed by atoms with Crippen molar-refractivity contribution in [3.05, 3.63) is 48.6 Å². The molecule has 1 N–H and O–H groups in total. The highest BCUT2D eigenvalue weighted by atomic mass is 14.8. The molecule has 0 amide bonds. The molecule has 1 heteroatoms. The Kier molecular flexibility index (Phi) is 22.8. The lowest BCUT2D eigenvalue weighted by molar-refractivity contribution is 0.486. The summed E-state index contributed by atoms with van der Waals surface area (Å²) in [5.74, 6) is 0.851. The highest BCUT2D eigenvalue weighted by molar-refractivity contribution is 5.17. The van der Waals surface area contributed by atoms with Gasteiger partial charge in [0.25, 0.3) is 0 Å². The molecule has 0 fully saturated rings. The van der Waals surface area contributed by atoms with E-state index in [0.29, 0.717) is 0 Å². The molecule has 0 aliphatic rings. The fraction of sp³-hybridized carbons (Fsp3) is 0.733. The minimum absolute atomic E-state index is 0.851. The molecule has 0 bridgehead atoms. The molecular formula is C30H55N. The molecule has 0 aliphatic carbocycles. The first-order valence-electron chi connectivity index (χ1n) is 13.4. The van der Waals surface area contributed by atoms with Crippen LogP contribution >= 0.6 is 0 Å². The number of allylic oxidation sites excluding steroid dienone is 6. The van der Waals surface area contributed by atoms with Crippen molar-refractivity contribution in [3.63, 3.8) is 0 Å². The third-order valence-electron chi connectivity index (χ3n) is 6.22. The quantitative estimate of drug-likeness (QED) is 0.0967. The van der Waals surface area contributed by atoms with Crippen molar-refractivity contribution in [2.45, 2.75) is 123 Å². The van der Waals surface area contributed by atoms with E-state index in [0.717, 1.165) is 31.7 Å². The molecule has 0 saturated carbocycles. The molecule has 1 unspecified atom stereocenters. The maximum absolute atomic E-state index is 4.22. The summed E-state index contributed by atoms with van der Waals surface area (Å²) in [7, 11) is 2.01. The third kappa shape index (κ3) is 21.9. The lowest BCUT2D eigenvalue weighted by Crippen LogP contribution is -2.07. The molecule has 0 aliphatic heterocycles. The monoisotopic (exact) mass is 429 g/mol. The van der Waals surface area contributed by atoms with E-state index in [-0.39, 0.29) is 0 Å². The minimum atomic E-state index is 0.851. The highest BCUT2D eigenvalue weighted by Crippen LogP contribution is 2.18. The molecule has 31 heavy (non-hydrogen) atoms. The van der Waals surface area contributed by atoms with E-state index in [2.05, 4.69) is 50.6 Å². The van der Waals surface area contributed by atoms with Crippen LogP contribution in [0.15, 0.2) is 48.6 Å². The largest absolute Gasteiger partial charge is 0.320 e. The normalized spacial score (nSPS) is 13.1. The van der Waals surface area contributed by atoms with Crippen molar-refractivity contribution in [3.8, 4) is 0 Å². The Labute approximate surface area is 196 Å². The SMILES string of the molecule is C=C/C(=C\CCCCCCCCC(C)C/C=C\CCCCC)CCC(=C)CCCNC. The van der Waals surface area contributed by atoms with E-state index < -0.39 is 0 Å². The summed E-state index contributed by atoms with van der Waals surface area (Å²) < 4.78 is 0. The van der Waals surface area contributed by atoms with Gasteiger partial charge in [-0.15, -0.1) is 0 Å². The van der Waals surface area contributed by atoms with Crippen molar-refractivity contribution >= 4 is 0 Å². The number of hydrogen-bond acceptors (Lipinski definition) is 1. The summed E-state index contributed by atoms with van der Waals surface area (Å²) >= 11 is 0. The lowest BCUT2D eigenvalue weighted by Gasteiger charge is -2.08. The zero-order valence-electron chi connectivity index (χ0n) is 21.5. The molecule has 0 heterocycles. The van der Waals surface area contributed by atoms with Gasteiger partial charge in [-0.05, 0) is 77.3 Å². The molecule has 180 valence electrons. The Hall–Kier alpha value is -1.08. The fourth-order valence-electron chi connectivity index (χ4n) is 3.96. The molecule has 0 spiro atoms. The Morgan fingerprint density at radius 3 is 2.26 bits per heavy atom. The van der Waals surface area contributed by atoms with Crippen LogP contribution in [0.25, 0.3) is 0 Å². The first kappa shape index (κ1) is 29.9. The third-order valence-corrected chi connectivity index (χ3v) is 6.22. The lowest BCUT2D eigenvalue weighted by atomic mass is 9.98. The second kappa shape index (κ2) is 23.6. The molecule has 1 atom stereocenters. The van der Waals surface area contributed by atoms with Crippen LogP contribution in [0.2, 0.25) is 0 Å². The van der Waals surface area contributed by atoms with Crippen molar-refractivity contribution in [1.82, 2.24) is 5.32 Å². The van der Waals surface area contributed by atoms with E-state index in [9.17, 15) is 0 Å². The van der Waals surface area contributed by atoms with Crippen LogP contribution in [0.5, 0.6) is 0 Å². The van der Waals surface area contributed by atoms with Gasteiger partial charge in [0.1, 0.15) is 0 Å². The van der Waals surface area contributed by atoms with Crippen LogP contribution in [0, 0.1) is 5.92 Å². The number of nitrogens with one attached hydrogen (secondary N) is 1. The van der Waals surface area contributed by atoms with Crippen LogP contribution in [0.1, 0.15) is 123 Å². The van der Waals surface area contributed by atoms with Crippen LogP contribution in [0.4, 0.5) is 0 Å². The smallest absolute Gasteiger partial charge is 0.00489 e. The first-order valence-corrected chi connectivity index (χ1v) is 13.4. The molecule has 0 rings (SSSR count). The van der Waals surface area contributed by atoms with Crippen LogP contribution in [0.3, 0.4) is 0 Å². The van der Waals surface area contributed by atoms with Crippen molar-refractivity contribution in [1.29, 1.82) is 0 Å². The second-order valence-corrected chi connectivity index (χ2v) is 9.45. The van der Waals surface area contributed by atoms with Crippen molar-refractivity contribution < 1.29 is 0 Å². The molecule has 0 saturated heterocycles. The maximum Gasteiger partial charge on any atom is -0.00489 e. The Morgan fingerprint density at radius 1 is 0.839 bits per heavy atom.